The van der Waals surface area contributed by atoms with Crippen molar-refractivity contribution in [2.45, 2.75) is 58.1 Å². The molecular formula is C14H28N2O2. The van der Waals surface area contributed by atoms with Crippen LogP contribution in [0.25, 0.3) is 0 Å². The summed E-state index contributed by atoms with van der Waals surface area (Å²) in [7, 11) is 0. The first kappa shape index (κ1) is 15.4. The van der Waals surface area contributed by atoms with E-state index < -0.39 is 0 Å². The molecule has 0 atom stereocenters. The maximum absolute atomic E-state index is 9.60. The van der Waals surface area contributed by atoms with E-state index in [1.165, 1.54) is 51.9 Å². The Hall–Kier alpha value is -0.610. The van der Waals surface area contributed by atoms with Gasteiger partial charge in [0.2, 0.25) is 0 Å². The molecular weight excluding hydrogens is 228 g/mol. The van der Waals surface area contributed by atoms with E-state index >= 15 is 0 Å². The molecule has 0 radical (unpaired) electrons. The lowest BCUT2D eigenvalue weighted by atomic mass is 10.1. The van der Waals surface area contributed by atoms with Crippen molar-refractivity contribution < 1.29 is 9.53 Å². The summed E-state index contributed by atoms with van der Waals surface area (Å²) in [6.07, 6.45) is 5.62. The quantitative estimate of drug-likeness (QED) is 0.765. The molecule has 18 heavy (non-hydrogen) atoms. The predicted molar refractivity (Wildman–Crippen MR) is 73.6 cm³/mol. The Balaban J connectivity index is 0.000000203. The SMILES string of the molecule is C1CCN(C2CCNCC2)C1.CC(C)(C)OC=O. The first-order valence-corrected chi connectivity index (χ1v) is 7.09. The summed E-state index contributed by atoms with van der Waals surface area (Å²) in [5.74, 6) is 0. The number of rotatable bonds is 2. The molecule has 2 aliphatic heterocycles. The van der Waals surface area contributed by atoms with Crippen molar-refractivity contribution in [1.29, 1.82) is 0 Å². The van der Waals surface area contributed by atoms with Gasteiger partial charge in [-0.1, -0.05) is 0 Å². The van der Waals surface area contributed by atoms with Gasteiger partial charge in [-0.05, 0) is 72.6 Å². The molecule has 0 saturated carbocycles. The van der Waals surface area contributed by atoms with Crippen LogP contribution < -0.4 is 5.32 Å². The van der Waals surface area contributed by atoms with E-state index in [2.05, 4.69) is 15.0 Å². The Bertz CT molecular complexity index is 226. The number of likely N-dealkylation sites (tertiary alicyclic amines) is 1. The number of nitrogens with one attached hydrogen (secondary N) is 1. The van der Waals surface area contributed by atoms with Crippen LogP contribution in [0.4, 0.5) is 0 Å². The van der Waals surface area contributed by atoms with E-state index in [9.17, 15) is 4.79 Å². The van der Waals surface area contributed by atoms with E-state index in [0.717, 1.165) is 6.04 Å². The molecule has 2 heterocycles. The van der Waals surface area contributed by atoms with E-state index in [1.807, 2.05) is 20.8 Å². The van der Waals surface area contributed by atoms with Crippen molar-refractivity contribution in [2.24, 2.45) is 0 Å². The maximum atomic E-state index is 9.60. The summed E-state index contributed by atoms with van der Waals surface area (Å²) in [6.45, 7) is 11.1. The van der Waals surface area contributed by atoms with Gasteiger partial charge >= 0.3 is 0 Å². The predicted octanol–water partition coefficient (Wildman–Crippen LogP) is 1.79. The maximum Gasteiger partial charge on any atom is 0.293 e. The Morgan fingerprint density at radius 3 is 2.11 bits per heavy atom. The Morgan fingerprint density at radius 1 is 1.17 bits per heavy atom. The second-order valence-electron chi connectivity index (χ2n) is 6.05. The minimum atomic E-state index is -0.318. The molecule has 4 heteroatoms. The van der Waals surface area contributed by atoms with Crippen molar-refractivity contribution in [3.63, 3.8) is 0 Å². The Morgan fingerprint density at radius 2 is 1.72 bits per heavy atom. The summed E-state index contributed by atoms with van der Waals surface area (Å²) in [5, 5.41) is 3.41. The molecule has 2 fully saturated rings. The van der Waals surface area contributed by atoms with Gasteiger partial charge in [-0.3, -0.25) is 4.79 Å². The van der Waals surface area contributed by atoms with Crippen molar-refractivity contribution in [3.8, 4) is 0 Å². The molecule has 4 nitrogen and oxygen atoms in total. The van der Waals surface area contributed by atoms with Gasteiger partial charge in [0, 0.05) is 6.04 Å². The number of nitrogens with zero attached hydrogens (tertiary/aromatic N) is 1. The highest BCUT2D eigenvalue weighted by Crippen LogP contribution is 2.17. The number of carbonyl (C=O) groups excluding carboxylic acids is 1. The average Bonchev–Trinajstić information content (AvgIpc) is 2.83. The molecule has 1 N–H and O–H groups in total. The third kappa shape index (κ3) is 6.36. The number of hydrogen-bond acceptors (Lipinski definition) is 4. The Kier molecular flexibility index (Phi) is 6.65. The van der Waals surface area contributed by atoms with Gasteiger partial charge < -0.3 is 15.0 Å². The highest BCUT2D eigenvalue weighted by molar-refractivity contribution is 5.37. The monoisotopic (exact) mass is 256 g/mol. The van der Waals surface area contributed by atoms with Gasteiger partial charge in [-0.25, -0.2) is 0 Å². The average molecular weight is 256 g/mol. The molecule has 0 aromatic heterocycles. The third-order valence-electron chi connectivity index (χ3n) is 3.37. The van der Waals surface area contributed by atoms with E-state index in [0.29, 0.717) is 6.47 Å². The van der Waals surface area contributed by atoms with Crippen LogP contribution in [0, 0.1) is 0 Å². The van der Waals surface area contributed by atoms with Gasteiger partial charge in [0.1, 0.15) is 5.60 Å². The van der Waals surface area contributed by atoms with E-state index in [4.69, 9.17) is 0 Å². The zero-order valence-electron chi connectivity index (χ0n) is 12.1. The highest BCUT2D eigenvalue weighted by atomic mass is 16.5. The van der Waals surface area contributed by atoms with Crippen LogP contribution in [0.5, 0.6) is 0 Å². The Labute approximate surface area is 111 Å². The fourth-order valence-corrected chi connectivity index (χ4v) is 2.42. The lowest BCUT2D eigenvalue weighted by molar-refractivity contribution is -0.138. The van der Waals surface area contributed by atoms with Crippen LogP contribution in [-0.2, 0) is 9.53 Å². The molecule has 0 aromatic carbocycles. The molecule has 2 saturated heterocycles. The third-order valence-corrected chi connectivity index (χ3v) is 3.37. The van der Waals surface area contributed by atoms with E-state index in [-0.39, 0.29) is 5.60 Å². The summed E-state index contributed by atoms with van der Waals surface area (Å²) in [5.41, 5.74) is -0.318. The standard InChI is InChI=1S/C9H18N2.C5H10O2/c1-2-8-11(7-1)9-3-5-10-6-4-9;1-5(2,3)7-4-6/h9-10H,1-8H2;4H,1-3H3. The number of ether oxygens (including phenoxy) is 1. The molecule has 2 rings (SSSR count). The number of piperidine rings is 1. The minimum absolute atomic E-state index is 0.318. The van der Waals surface area contributed by atoms with Crippen LogP contribution in [0.1, 0.15) is 46.5 Å². The highest BCUT2D eigenvalue weighted by Gasteiger charge is 2.22. The zero-order chi connectivity index (χ0) is 13.4. The lowest BCUT2D eigenvalue weighted by Crippen LogP contribution is -2.41. The number of carbonyl (C=O) groups is 1. The first-order chi connectivity index (χ1) is 8.53. The van der Waals surface area contributed by atoms with Crippen LogP contribution >= 0.6 is 0 Å². The van der Waals surface area contributed by atoms with Crippen LogP contribution in [0.3, 0.4) is 0 Å². The molecule has 106 valence electrons. The molecule has 0 bridgehead atoms. The second kappa shape index (κ2) is 7.74. The van der Waals surface area contributed by atoms with Crippen LogP contribution in [0.2, 0.25) is 0 Å². The van der Waals surface area contributed by atoms with E-state index in [1.54, 1.807) is 0 Å². The zero-order valence-corrected chi connectivity index (χ0v) is 12.1. The summed E-state index contributed by atoms with van der Waals surface area (Å²) in [6, 6.07) is 0.916. The molecule has 2 aliphatic rings. The molecule has 0 amide bonds. The molecule has 0 aromatic rings. The smallest absolute Gasteiger partial charge is 0.293 e. The van der Waals surface area contributed by atoms with Crippen LogP contribution in [0.15, 0.2) is 0 Å². The summed E-state index contributed by atoms with van der Waals surface area (Å²) >= 11 is 0. The second-order valence-corrected chi connectivity index (χ2v) is 6.05. The fourth-order valence-electron chi connectivity index (χ4n) is 2.42. The first-order valence-electron chi connectivity index (χ1n) is 7.09. The van der Waals surface area contributed by atoms with Crippen LogP contribution in [-0.4, -0.2) is 49.2 Å². The van der Waals surface area contributed by atoms with Crippen molar-refractivity contribution in [2.75, 3.05) is 26.2 Å². The fraction of sp³-hybridized carbons (Fsp3) is 0.929. The van der Waals surface area contributed by atoms with Gasteiger partial charge in [-0.15, -0.1) is 0 Å². The molecule has 0 spiro atoms. The minimum Gasteiger partial charge on any atom is -0.462 e. The number of hydrogen-bond donors (Lipinski definition) is 1. The van der Waals surface area contributed by atoms with Crippen molar-refractivity contribution >= 4 is 6.47 Å². The topological polar surface area (TPSA) is 41.6 Å². The van der Waals surface area contributed by atoms with Gasteiger partial charge in [-0.2, -0.15) is 0 Å². The molecule has 0 unspecified atom stereocenters. The summed E-state index contributed by atoms with van der Waals surface area (Å²) in [4.78, 5) is 12.3. The van der Waals surface area contributed by atoms with Crippen molar-refractivity contribution in [1.82, 2.24) is 10.2 Å². The van der Waals surface area contributed by atoms with Gasteiger partial charge in [0.05, 0.1) is 0 Å². The summed E-state index contributed by atoms with van der Waals surface area (Å²) < 4.78 is 4.55. The van der Waals surface area contributed by atoms with Crippen molar-refractivity contribution in [3.05, 3.63) is 0 Å². The molecule has 0 aliphatic carbocycles. The van der Waals surface area contributed by atoms with Gasteiger partial charge in [0.25, 0.3) is 6.47 Å². The van der Waals surface area contributed by atoms with Gasteiger partial charge in [0.15, 0.2) is 0 Å². The normalized spacial score (nSPS) is 22.2. The largest absolute Gasteiger partial charge is 0.462 e. The lowest BCUT2D eigenvalue weighted by Gasteiger charge is -2.31.